The molecule has 74 valence electrons. The van der Waals surface area contributed by atoms with Gasteiger partial charge in [0.05, 0.1) is 9.31 Å². The molecule has 0 radical (unpaired) electrons. The van der Waals surface area contributed by atoms with Gasteiger partial charge in [-0.2, -0.15) is 0 Å². The molecule has 0 amide bonds. The second kappa shape index (κ2) is 4.26. The van der Waals surface area contributed by atoms with Gasteiger partial charge >= 0.3 is 0 Å². The highest BCUT2D eigenvalue weighted by molar-refractivity contribution is 9.12. The zero-order valence-corrected chi connectivity index (χ0v) is 10.5. The predicted molar refractivity (Wildman–Crippen MR) is 59.9 cm³/mol. The lowest BCUT2D eigenvalue weighted by atomic mass is 9.99. The van der Waals surface area contributed by atoms with Crippen molar-refractivity contribution in [3.05, 3.63) is 22.2 Å². The lowest BCUT2D eigenvalue weighted by Crippen LogP contribution is -2.39. The molecule has 0 heterocycles. The molecule has 0 aromatic carbocycles. The van der Waals surface area contributed by atoms with Crippen molar-refractivity contribution in [1.29, 1.82) is 0 Å². The van der Waals surface area contributed by atoms with Gasteiger partial charge in [-0.15, -0.1) is 0 Å². The molecule has 1 atom stereocenters. The monoisotopic (exact) mass is 310 g/mol. The predicted octanol–water partition coefficient (Wildman–Crippen LogP) is 2.45. The minimum absolute atomic E-state index is 0.410. The number of aliphatic hydroxyl groups is 2. The Morgan fingerprint density at radius 1 is 1.54 bits per heavy atom. The van der Waals surface area contributed by atoms with Crippen LogP contribution >= 0.6 is 31.9 Å². The molecule has 0 aliphatic heterocycles. The van der Waals surface area contributed by atoms with Crippen LogP contribution in [0.3, 0.4) is 0 Å². The standard InChI is InChI=1S/C9H12Br2O2/c1-2-3-6-4-7(10)9(12,13)8(11)5-6/h4-5,7,12-13H,2-3H2,1H3. The van der Waals surface area contributed by atoms with Gasteiger partial charge in [-0.3, -0.25) is 0 Å². The van der Waals surface area contributed by atoms with Crippen molar-refractivity contribution in [3.8, 4) is 0 Å². The SMILES string of the molecule is CCCC1=CC(Br)C(O)(O)C(Br)=C1. The third-order valence-corrected chi connectivity index (χ3v) is 3.66. The Morgan fingerprint density at radius 3 is 2.62 bits per heavy atom. The summed E-state index contributed by atoms with van der Waals surface area (Å²) in [4.78, 5) is -0.444. The Kier molecular flexibility index (Phi) is 3.74. The minimum Gasteiger partial charge on any atom is -0.360 e. The Labute approximate surface area is 94.6 Å². The van der Waals surface area contributed by atoms with Crippen LogP contribution in [-0.2, 0) is 0 Å². The summed E-state index contributed by atoms with van der Waals surface area (Å²) >= 11 is 6.36. The first kappa shape index (κ1) is 11.4. The van der Waals surface area contributed by atoms with E-state index in [-0.39, 0.29) is 0 Å². The molecule has 4 heteroatoms. The molecule has 2 nitrogen and oxygen atoms in total. The number of allylic oxidation sites excluding steroid dienone is 2. The van der Waals surface area contributed by atoms with Gasteiger partial charge in [-0.05, 0) is 34.0 Å². The number of rotatable bonds is 2. The Morgan fingerprint density at radius 2 is 2.15 bits per heavy atom. The van der Waals surface area contributed by atoms with E-state index in [9.17, 15) is 10.2 Å². The van der Waals surface area contributed by atoms with Crippen molar-refractivity contribution in [2.45, 2.75) is 30.4 Å². The van der Waals surface area contributed by atoms with Crippen LogP contribution in [0.4, 0.5) is 0 Å². The number of hydrogen-bond donors (Lipinski definition) is 2. The highest BCUT2D eigenvalue weighted by Gasteiger charge is 2.37. The van der Waals surface area contributed by atoms with E-state index in [0.29, 0.717) is 4.48 Å². The van der Waals surface area contributed by atoms with E-state index in [2.05, 4.69) is 38.8 Å². The molecular formula is C9H12Br2O2. The molecule has 0 spiro atoms. The van der Waals surface area contributed by atoms with Crippen molar-refractivity contribution in [3.63, 3.8) is 0 Å². The largest absolute Gasteiger partial charge is 0.360 e. The van der Waals surface area contributed by atoms with Crippen molar-refractivity contribution in [2.24, 2.45) is 0 Å². The number of halogens is 2. The van der Waals surface area contributed by atoms with Crippen LogP contribution in [0.1, 0.15) is 19.8 Å². The molecule has 0 fully saturated rings. The zero-order chi connectivity index (χ0) is 10.1. The number of alkyl halides is 1. The van der Waals surface area contributed by atoms with Crippen molar-refractivity contribution in [1.82, 2.24) is 0 Å². The maximum Gasteiger partial charge on any atom is 0.213 e. The summed E-state index contributed by atoms with van der Waals surface area (Å²) < 4.78 is 0.410. The fourth-order valence-corrected chi connectivity index (χ4v) is 2.63. The summed E-state index contributed by atoms with van der Waals surface area (Å²) in [5.41, 5.74) is 1.12. The van der Waals surface area contributed by atoms with Gasteiger partial charge in [-0.1, -0.05) is 35.4 Å². The van der Waals surface area contributed by atoms with Gasteiger partial charge in [0, 0.05) is 0 Å². The molecule has 2 N–H and O–H groups in total. The number of hydrogen-bond acceptors (Lipinski definition) is 2. The van der Waals surface area contributed by atoms with E-state index < -0.39 is 10.6 Å². The highest BCUT2D eigenvalue weighted by Crippen LogP contribution is 2.35. The normalized spacial score (nSPS) is 26.7. The molecule has 0 bridgehead atoms. The smallest absolute Gasteiger partial charge is 0.213 e. The van der Waals surface area contributed by atoms with Crippen LogP contribution in [0, 0.1) is 0 Å². The van der Waals surface area contributed by atoms with Crippen LogP contribution in [0.15, 0.2) is 22.2 Å². The van der Waals surface area contributed by atoms with Gasteiger partial charge in [0.2, 0.25) is 5.79 Å². The van der Waals surface area contributed by atoms with Crippen LogP contribution in [0.5, 0.6) is 0 Å². The van der Waals surface area contributed by atoms with E-state index in [0.717, 1.165) is 18.4 Å². The van der Waals surface area contributed by atoms with E-state index in [1.807, 2.05) is 6.08 Å². The lowest BCUT2D eigenvalue weighted by molar-refractivity contribution is -0.112. The summed E-state index contributed by atoms with van der Waals surface area (Å²) in [6, 6.07) is 0. The van der Waals surface area contributed by atoms with E-state index in [1.54, 1.807) is 6.08 Å². The highest BCUT2D eigenvalue weighted by atomic mass is 79.9. The molecular weight excluding hydrogens is 300 g/mol. The minimum atomic E-state index is -1.81. The van der Waals surface area contributed by atoms with Crippen molar-refractivity contribution in [2.75, 3.05) is 0 Å². The third kappa shape index (κ3) is 2.43. The van der Waals surface area contributed by atoms with Gasteiger partial charge in [0.1, 0.15) is 0 Å². The summed E-state index contributed by atoms with van der Waals surface area (Å²) in [6.45, 7) is 2.09. The summed E-state index contributed by atoms with van der Waals surface area (Å²) in [6.07, 6.45) is 5.59. The molecule has 1 unspecified atom stereocenters. The van der Waals surface area contributed by atoms with Gasteiger partial charge < -0.3 is 10.2 Å². The quantitative estimate of drug-likeness (QED) is 0.607. The first-order valence-electron chi connectivity index (χ1n) is 4.15. The summed E-state index contributed by atoms with van der Waals surface area (Å²) in [5, 5.41) is 19.1. The Balaban J connectivity index is 2.87. The topological polar surface area (TPSA) is 40.5 Å². The molecule has 0 aromatic heterocycles. The average Bonchev–Trinajstić information content (AvgIpc) is 2.02. The van der Waals surface area contributed by atoms with Gasteiger partial charge in [0.15, 0.2) is 0 Å². The molecule has 13 heavy (non-hydrogen) atoms. The van der Waals surface area contributed by atoms with Crippen molar-refractivity contribution < 1.29 is 10.2 Å². The van der Waals surface area contributed by atoms with Gasteiger partial charge in [0.25, 0.3) is 0 Å². The van der Waals surface area contributed by atoms with Gasteiger partial charge in [-0.25, -0.2) is 0 Å². The second-order valence-corrected chi connectivity index (χ2v) is 4.95. The molecule has 1 rings (SSSR count). The maximum absolute atomic E-state index is 9.55. The molecule has 0 saturated heterocycles. The maximum atomic E-state index is 9.55. The summed E-state index contributed by atoms with van der Waals surface area (Å²) in [7, 11) is 0. The average molecular weight is 312 g/mol. The Bertz CT molecular complexity index is 256. The van der Waals surface area contributed by atoms with Crippen LogP contribution < -0.4 is 0 Å². The molecule has 0 saturated carbocycles. The first-order chi connectivity index (χ1) is 5.98. The van der Waals surface area contributed by atoms with Crippen LogP contribution in [-0.4, -0.2) is 20.8 Å². The molecule has 1 aliphatic carbocycles. The Hall–Kier alpha value is 0.360. The fraction of sp³-hybridized carbons (Fsp3) is 0.556. The van der Waals surface area contributed by atoms with Crippen LogP contribution in [0.25, 0.3) is 0 Å². The fourth-order valence-electron chi connectivity index (χ4n) is 1.20. The van der Waals surface area contributed by atoms with E-state index >= 15 is 0 Å². The molecule has 0 aromatic rings. The van der Waals surface area contributed by atoms with Crippen molar-refractivity contribution >= 4 is 31.9 Å². The third-order valence-electron chi connectivity index (χ3n) is 1.95. The molecule has 1 aliphatic rings. The van der Waals surface area contributed by atoms with E-state index in [4.69, 9.17) is 0 Å². The van der Waals surface area contributed by atoms with Crippen LogP contribution in [0.2, 0.25) is 0 Å². The summed E-state index contributed by atoms with van der Waals surface area (Å²) in [5.74, 6) is -1.81. The zero-order valence-electron chi connectivity index (χ0n) is 7.30. The van der Waals surface area contributed by atoms with E-state index in [1.165, 1.54) is 0 Å². The second-order valence-electron chi connectivity index (χ2n) is 3.11. The first-order valence-corrected chi connectivity index (χ1v) is 5.86. The lowest BCUT2D eigenvalue weighted by Gasteiger charge is -2.29.